The Morgan fingerprint density at radius 1 is 1.28 bits per heavy atom. The number of nitrogens with zero attached hydrogens (tertiary/aromatic N) is 4. The molecule has 3 N–H and O–H groups in total. The van der Waals surface area contributed by atoms with Gasteiger partial charge in [-0.25, -0.2) is 19.5 Å². The van der Waals surface area contributed by atoms with Crippen molar-refractivity contribution in [2.24, 2.45) is 17.0 Å². The molecule has 2 aromatic heterocycles. The van der Waals surface area contributed by atoms with E-state index in [0.717, 1.165) is 12.1 Å². The smallest absolute Gasteiger partial charge is 0.366 e. The second-order valence-corrected chi connectivity index (χ2v) is 10.2. The quantitative estimate of drug-likeness (QED) is 0.291. The molecule has 1 unspecified atom stereocenters. The molecule has 208 valence electrons. The van der Waals surface area contributed by atoms with Crippen molar-refractivity contribution in [2.75, 3.05) is 11.9 Å². The topological polar surface area (TPSA) is 159 Å². The van der Waals surface area contributed by atoms with Gasteiger partial charge in [0.15, 0.2) is 0 Å². The van der Waals surface area contributed by atoms with Gasteiger partial charge in [0.2, 0.25) is 5.78 Å². The molecule has 0 amide bonds. The Labute approximate surface area is 219 Å². The molecule has 3 aromatic rings. The minimum Gasteiger partial charge on any atom is -0.366 e. The summed E-state index contributed by atoms with van der Waals surface area (Å²) in [6, 6.07) is 2.95. The summed E-state index contributed by atoms with van der Waals surface area (Å²) in [6.45, 7) is 0.995. The first kappa shape index (κ1) is 28.3. The zero-order valence-corrected chi connectivity index (χ0v) is 21.0. The first-order valence-electron chi connectivity index (χ1n) is 11.4. The van der Waals surface area contributed by atoms with E-state index in [1.165, 1.54) is 29.5 Å². The third-order valence-corrected chi connectivity index (χ3v) is 6.67. The van der Waals surface area contributed by atoms with E-state index < -0.39 is 58.1 Å². The van der Waals surface area contributed by atoms with Gasteiger partial charge in [0.25, 0.3) is 0 Å². The molecule has 1 saturated carbocycles. The van der Waals surface area contributed by atoms with Gasteiger partial charge in [0, 0.05) is 30.3 Å². The van der Waals surface area contributed by atoms with Crippen LogP contribution >= 0.6 is 0 Å². The van der Waals surface area contributed by atoms with Gasteiger partial charge >= 0.3 is 16.5 Å². The van der Waals surface area contributed by atoms with Crippen LogP contribution in [-0.4, -0.2) is 52.4 Å². The van der Waals surface area contributed by atoms with E-state index in [4.69, 9.17) is 5.14 Å². The first-order chi connectivity index (χ1) is 18.2. The minimum absolute atomic E-state index is 0.00400. The predicted octanol–water partition coefficient (Wildman–Crippen LogP) is 2.34. The molecular weight excluding hydrogens is 548 g/mol. The first-order valence-corrected chi connectivity index (χ1v) is 12.9. The van der Waals surface area contributed by atoms with Crippen molar-refractivity contribution in [1.82, 2.24) is 19.7 Å². The van der Waals surface area contributed by atoms with Crippen molar-refractivity contribution in [3.8, 4) is 0 Å². The normalized spacial score (nSPS) is 19.8. The van der Waals surface area contributed by atoms with E-state index in [-0.39, 0.29) is 41.4 Å². The van der Waals surface area contributed by atoms with Crippen molar-refractivity contribution < 1.29 is 39.8 Å². The maximum absolute atomic E-state index is 13.7. The van der Waals surface area contributed by atoms with Crippen LogP contribution in [0.15, 0.2) is 43.0 Å². The van der Waals surface area contributed by atoms with E-state index in [2.05, 4.69) is 24.6 Å². The second-order valence-electron chi connectivity index (χ2n) is 9.01. The molecule has 0 bridgehead atoms. The number of carbonyl (C=O) groups excluding carboxylic acids is 2. The molecule has 2 heterocycles. The van der Waals surface area contributed by atoms with Gasteiger partial charge in [-0.2, -0.15) is 26.7 Å². The molecule has 39 heavy (non-hydrogen) atoms. The number of benzene rings is 1. The molecule has 0 aliphatic heterocycles. The van der Waals surface area contributed by atoms with E-state index in [9.17, 15) is 35.6 Å². The Morgan fingerprint density at radius 3 is 2.72 bits per heavy atom. The summed E-state index contributed by atoms with van der Waals surface area (Å²) in [5.41, 5.74) is -1.21. The Balaban J connectivity index is 1.49. The number of halogens is 4. The highest BCUT2D eigenvalue weighted by Crippen LogP contribution is 2.32. The number of aromatic nitrogens is 4. The zero-order chi connectivity index (χ0) is 28.5. The van der Waals surface area contributed by atoms with Crippen molar-refractivity contribution in [1.29, 1.82) is 0 Å². The number of nitrogens with one attached hydrogen (secondary N) is 1. The maximum Gasteiger partial charge on any atom is 0.416 e. The van der Waals surface area contributed by atoms with Gasteiger partial charge in [-0.3, -0.25) is 18.5 Å². The van der Waals surface area contributed by atoms with Crippen LogP contribution in [0.4, 0.5) is 23.4 Å². The lowest BCUT2D eigenvalue weighted by Crippen LogP contribution is -2.26. The molecular formula is C23H22F4N6O5S. The molecule has 3 atom stereocenters. The van der Waals surface area contributed by atoms with Crippen LogP contribution < -0.4 is 10.5 Å². The van der Waals surface area contributed by atoms with Crippen LogP contribution in [0.3, 0.4) is 0 Å². The van der Waals surface area contributed by atoms with E-state index in [1.54, 1.807) is 6.92 Å². The lowest BCUT2D eigenvalue weighted by Gasteiger charge is -2.18. The molecule has 0 spiro atoms. The number of hydrogen-bond acceptors (Lipinski definition) is 9. The molecule has 0 radical (unpaired) electrons. The highest BCUT2D eigenvalue weighted by Gasteiger charge is 2.40. The second kappa shape index (κ2) is 10.8. The summed E-state index contributed by atoms with van der Waals surface area (Å²) in [7, 11) is -4.22. The summed E-state index contributed by atoms with van der Waals surface area (Å²) in [5.74, 6) is -3.13. The monoisotopic (exact) mass is 570 g/mol. The number of ketones is 2. The molecule has 16 heteroatoms. The largest absolute Gasteiger partial charge is 0.416 e. The molecule has 1 aliphatic carbocycles. The van der Waals surface area contributed by atoms with E-state index in [1.807, 2.05) is 0 Å². The Kier molecular flexibility index (Phi) is 7.81. The molecule has 1 fully saturated rings. The number of carbonyl (C=O) groups is 2. The highest BCUT2D eigenvalue weighted by atomic mass is 32.2. The number of rotatable bonds is 9. The fourth-order valence-electron chi connectivity index (χ4n) is 4.30. The number of nitrogens with two attached hydrogens (primary N) is 1. The summed E-state index contributed by atoms with van der Waals surface area (Å²) < 4.78 is 80.7. The maximum atomic E-state index is 13.7. The van der Waals surface area contributed by atoms with Crippen LogP contribution in [0.5, 0.6) is 0 Å². The molecule has 1 aliphatic rings. The van der Waals surface area contributed by atoms with Gasteiger partial charge in [-0.05, 0) is 36.2 Å². The van der Waals surface area contributed by atoms with Crippen molar-refractivity contribution in [3.63, 3.8) is 0 Å². The van der Waals surface area contributed by atoms with Gasteiger partial charge in [-0.1, -0.05) is 6.92 Å². The number of hydrogen-bond donors (Lipinski definition) is 2. The summed E-state index contributed by atoms with van der Waals surface area (Å²) in [6.07, 6.45) is -0.758. The van der Waals surface area contributed by atoms with Crippen molar-refractivity contribution >= 4 is 27.7 Å². The third kappa shape index (κ3) is 6.82. The average Bonchev–Trinajstić information content (AvgIpc) is 3.41. The fraction of sp³-hybridized carbons (Fsp3) is 0.348. The van der Waals surface area contributed by atoms with Crippen LogP contribution in [0.25, 0.3) is 0 Å². The summed E-state index contributed by atoms with van der Waals surface area (Å²) >= 11 is 0. The average molecular weight is 571 g/mol. The summed E-state index contributed by atoms with van der Waals surface area (Å²) in [5, 5.41) is 12.0. The fourth-order valence-corrected chi connectivity index (χ4v) is 4.65. The predicted molar refractivity (Wildman–Crippen MR) is 127 cm³/mol. The third-order valence-electron chi connectivity index (χ3n) is 6.21. The number of anilines is 1. The highest BCUT2D eigenvalue weighted by molar-refractivity contribution is 7.84. The summed E-state index contributed by atoms with van der Waals surface area (Å²) in [4.78, 5) is 33.7. The molecule has 1 aromatic carbocycles. The SMILES string of the molecule is CC1C(=O)[C@@H](COS(N)(=O)=O)C[C@H]1Nc1ncncc1C(=O)c1ccn(Cc2cc(F)cc(C(F)(F)F)c2)n1. The van der Waals surface area contributed by atoms with Crippen LogP contribution in [0, 0.1) is 17.7 Å². The number of Topliss-reactive ketones (excluding diaryl/α,β-unsaturated/α-hetero) is 1. The Hall–Kier alpha value is -3.76. The number of alkyl halides is 3. The van der Waals surface area contributed by atoms with Crippen LogP contribution in [-0.2, 0) is 32.0 Å². The Morgan fingerprint density at radius 2 is 2.03 bits per heavy atom. The van der Waals surface area contributed by atoms with Crippen LogP contribution in [0.1, 0.15) is 40.5 Å². The molecule has 0 saturated heterocycles. The van der Waals surface area contributed by atoms with E-state index in [0.29, 0.717) is 6.07 Å². The lowest BCUT2D eigenvalue weighted by atomic mass is 10.0. The standard InChI is InChI=1S/C23H22F4N6O5S/c1-12-19(6-14(20(12)34)10-38-39(28,36)37)31-22-17(8-29-11-30-22)21(35)18-2-3-33(32-18)9-13-4-15(23(25,26)27)7-16(24)5-13/h2-5,7-8,11-12,14,19H,6,9-10H2,1H3,(H2,28,36,37)(H,29,30,31)/t12?,14-,19-/m1/s1. The van der Waals surface area contributed by atoms with E-state index >= 15 is 0 Å². The zero-order valence-electron chi connectivity index (χ0n) is 20.2. The van der Waals surface area contributed by atoms with Crippen molar-refractivity contribution in [2.45, 2.75) is 32.1 Å². The van der Waals surface area contributed by atoms with Gasteiger partial charge in [0.05, 0.1) is 24.3 Å². The molecule has 11 nitrogen and oxygen atoms in total. The van der Waals surface area contributed by atoms with Gasteiger partial charge < -0.3 is 5.32 Å². The van der Waals surface area contributed by atoms with Crippen molar-refractivity contribution in [3.05, 3.63) is 71.2 Å². The van der Waals surface area contributed by atoms with Gasteiger partial charge in [-0.15, -0.1) is 0 Å². The lowest BCUT2D eigenvalue weighted by molar-refractivity contribution is -0.137. The minimum atomic E-state index is -4.73. The molecule has 4 rings (SSSR count). The van der Waals surface area contributed by atoms with Crippen LogP contribution in [0.2, 0.25) is 0 Å². The van der Waals surface area contributed by atoms with Gasteiger partial charge in [0.1, 0.15) is 29.4 Å². The Bertz CT molecular complexity index is 1510.